The Kier molecular flexibility index (Phi) is 5.56. The largest absolute Gasteiger partial charge is 0.493 e. The van der Waals surface area contributed by atoms with Crippen molar-refractivity contribution in [3.63, 3.8) is 0 Å². The second-order valence-electron chi connectivity index (χ2n) is 5.38. The van der Waals surface area contributed by atoms with Gasteiger partial charge in [-0.05, 0) is 48.9 Å². The quantitative estimate of drug-likeness (QED) is 0.876. The standard InChI is InChI=1S/C18H18F3NO3/c1-11(13-6-9-15(24-2)16(10-13)25-3)22-17(23)12-4-7-14(8-5-12)18(19,20)21/h4-11H,1-3H3,(H,22,23)/t11-/m1/s1. The van der Waals surface area contributed by atoms with E-state index < -0.39 is 17.6 Å². The van der Waals surface area contributed by atoms with Crippen LogP contribution in [0.4, 0.5) is 13.2 Å². The van der Waals surface area contributed by atoms with Gasteiger partial charge in [0.1, 0.15) is 0 Å². The number of halogens is 3. The number of carbonyl (C=O) groups is 1. The Balaban J connectivity index is 2.12. The molecular formula is C18H18F3NO3. The Labute approximate surface area is 143 Å². The van der Waals surface area contributed by atoms with Crippen molar-refractivity contribution in [3.8, 4) is 11.5 Å². The maximum atomic E-state index is 12.6. The zero-order valence-corrected chi connectivity index (χ0v) is 14.0. The number of benzene rings is 2. The van der Waals surface area contributed by atoms with E-state index >= 15 is 0 Å². The number of ether oxygens (including phenoxy) is 2. The van der Waals surface area contributed by atoms with Gasteiger partial charge in [-0.1, -0.05) is 6.07 Å². The van der Waals surface area contributed by atoms with Gasteiger partial charge in [-0.25, -0.2) is 0 Å². The molecule has 0 aromatic heterocycles. The highest BCUT2D eigenvalue weighted by atomic mass is 19.4. The third-order valence-corrected chi connectivity index (χ3v) is 3.73. The molecule has 0 heterocycles. The first-order valence-corrected chi connectivity index (χ1v) is 7.46. The number of alkyl halides is 3. The molecule has 0 fully saturated rings. The highest BCUT2D eigenvalue weighted by Crippen LogP contribution is 2.31. The van der Waals surface area contributed by atoms with Gasteiger partial charge in [0.25, 0.3) is 5.91 Å². The summed E-state index contributed by atoms with van der Waals surface area (Å²) in [5, 5.41) is 2.74. The fourth-order valence-corrected chi connectivity index (χ4v) is 2.30. The first-order chi connectivity index (χ1) is 11.8. The molecule has 0 saturated carbocycles. The number of nitrogens with one attached hydrogen (secondary N) is 1. The first-order valence-electron chi connectivity index (χ1n) is 7.46. The van der Waals surface area contributed by atoms with Crippen LogP contribution in [-0.4, -0.2) is 20.1 Å². The van der Waals surface area contributed by atoms with Crippen LogP contribution in [0.25, 0.3) is 0 Å². The maximum absolute atomic E-state index is 12.6. The molecule has 1 amide bonds. The molecule has 4 nitrogen and oxygen atoms in total. The molecule has 7 heteroatoms. The lowest BCUT2D eigenvalue weighted by molar-refractivity contribution is -0.137. The van der Waals surface area contributed by atoms with Crippen LogP contribution < -0.4 is 14.8 Å². The van der Waals surface area contributed by atoms with Crippen LogP contribution in [0.15, 0.2) is 42.5 Å². The highest BCUT2D eigenvalue weighted by Gasteiger charge is 2.30. The van der Waals surface area contributed by atoms with Crippen LogP contribution in [0.3, 0.4) is 0 Å². The molecule has 0 aliphatic rings. The van der Waals surface area contributed by atoms with Crippen molar-refractivity contribution in [2.75, 3.05) is 14.2 Å². The Morgan fingerprint density at radius 1 is 1.00 bits per heavy atom. The van der Waals surface area contributed by atoms with E-state index in [0.717, 1.165) is 29.8 Å². The van der Waals surface area contributed by atoms with Gasteiger partial charge in [-0.2, -0.15) is 13.2 Å². The van der Waals surface area contributed by atoms with Gasteiger partial charge in [0.05, 0.1) is 25.8 Å². The minimum Gasteiger partial charge on any atom is -0.493 e. The monoisotopic (exact) mass is 353 g/mol. The van der Waals surface area contributed by atoms with Gasteiger partial charge in [0, 0.05) is 5.56 Å². The number of amides is 1. The Morgan fingerprint density at radius 2 is 1.60 bits per heavy atom. The molecule has 0 aliphatic heterocycles. The Hall–Kier alpha value is -2.70. The first kappa shape index (κ1) is 18.6. The van der Waals surface area contributed by atoms with Crippen molar-refractivity contribution in [1.29, 1.82) is 0 Å². The summed E-state index contributed by atoms with van der Waals surface area (Å²) in [5.74, 6) is 0.624. The molecule has 2 rings (SSSR count). The zero-order valence-electron chi connectivity index (χ0n) is 14.0. The molecule has 134 valence electrons. The fraction of sp³-hybridized carbons (Fsp3) is 0.278. The van der Waals surface area contributed by atoms with Gasteiger partial charge < -0.3 is 14.8 Å². The minimum absolute atomic E-state index is 0.153. The van der Waals surface area contributed by atoms with Crippen molar-refractivity contribution in [2.24, 2.45) is 0 Å². The predicted octanol–water partition coefficient (Wildman–Crippen LogP) is 4.21. The lowest BCUT2D eigenvalue weighted by Gasteiger charge is -2.17. The fourth-order valence-electron chi connectivity index (χ4n) is 2.30. The minimum atomic E-state index is -4.43. The van der Waals surface area contributed by atoms with Gasteiger partial charge >= 0.3 is 6.18 Å². The normalized spacial score (nSPS) is 12.4. The molecule has 0 unspecified atom stereocenters. The van der Waals surface area contributed by atoms with E-state index in [4.69, 9.17) is 9.47 Å². The van der Waals surface area contributed by atoms with E-state index in [9.17, 15) is 18.0 Å². The summed E-state index contributed by atoms with van der Waals surface area (Å²) >= 11 is 0. The summed E-state index contributed by atoms with van der Waals surface area (Å²) in [7, 11) is 3.03. The molecule has 0 saturated heterocycles. The van der Waals surface area contributed by atoms with E-state index in [1.165, 1.54) is 14.2 Å². The summed E-state index contributed by atoms with van der Waals surface area (Å²) in [6.07, 6.45) is -4.43. The average molecular weight is 353 g/mol. The van der Waals surface area contributed by atoms with Crippen LogP contribution >= 0.6 is 0 Å². The molecule has 1 atom stereocenters. The summed E-state index contributed by atoms with van der Waals surface area (Å²) in [5.41, 5.74) is 0.134. The maximum Gasteiger partial charge on any atom is 0.416 e. The summed E-state index contributed by atoms with van der Waals surface area (Å²) < 4.78 is 48.1. The summed E-state index contributed by atoms with van der Waals surface area (Å²) in [6, 6.07) is 8.93. The summed E-state index contributed by atoms with van der Waals surface area (Å²) in [6.45, 7) is 1.77. The van der Waals surface area contributed by atoms with Crippen LogP contribution in [0.5, 0.6) is 11.5 Å². The molecular weight excluding hydrogens is 335 g/mol. The van der Waals surface area contributed by atoms with Gasteiger partial charge in [-0.3, -0.25) is 4.79 Å². The highest BCUT2D eigenvalue weighted by molar-refractivity contribution is 5.94. The van der Waals surface area contributed by atoms with E-state index in [0.29, 0.717) is 11.5 Å². The van der Waals surface area contributed by atoms with E-state index in [1.807, 2.05) is 0 Å². The topological polar surface area (TPSA) is 47.6 Å². The van der Waals surface area contributed by atoms with E-state index in [-0.39, 0.29) is 11.6 Å². The molecule has 1 N–H and O–H groups in total. The molecule has 25 heavy (non-hydrogen) atoms. The van der Waals surface area contributed by atoms with Crippen LogP contribution in [0.1, 0.15) is 34.5 Å². The number of rotatable bonds is 5. The molecule has 0 bridgehead atoms. The van der Waals surface area contributed by atoms with Crippen molar-refractivity contribution in [3.05, 3.63) is 59.2 Å². The van der Waals surface area contributed by atoms with Gasteiger partial charge in [-0.15, -0.1) is 0 Å². The van der Waals surface area contributed by atoms with E-state index in [2.05, 4.69) is 5.32 Å². The average Bonchev–Trinajstić information content (AvgIpc) is 2.60. The second kappa shape index (κ2) is 7.46. The SMILES string of the molecule is COc1ccc([C@@H](C)NC(=O)c2ccc(C(F)(F)F)cc2)cc1OC. The number of hydrogen-bond donors (Lipinski definition) is 1. The molecule has 0 spiro atoms. The van der Waals surface area contributed by atoms with Crippen LogP contribution in [-0.2, 0) is 6.18 Å². The van der Waals surface area contributed by atoms with E-state index in [1.54, 1.807) is 25.1 Å². The molecule has 0 aliphatic carbocycles. The lowest BCUT2D eigenvalue weighted by atomic mass is 10.1. The third-order valence-electron chi connectivity index (χ3n) is 3.73. The summed E-state index contributed by atoms with van der Waals surface area (Å²) in [4.78, 5) is 12.2. The zero-order chi connectivity index (χ0) is 18.6. The number of methoxy groups -OCH3 is 2. The second-order valence-corrected chi connectivity index (χ2v) is 5.38. The van der Waals surface area contributed by atoms with Crippen LogP contribution in [0.2, 0.25) is 0 Å². The Bertz CT molecular complexity index is 742. The lowest BCUT2D eigenvalue weighted by Crippen LogP contribution is -2.26. The van der Waals surface area contributed by atoms with Crippen molar-refractivity contribution in [1.82, 2.24) is 5.32 Å². The Morgan fingerprint density at radius 3 is 2.12 bits per heavy atom. The predicted molar refractivity (Wildman–Crippen MR) is 86.9 cm³/mol. The number of hydrogen-bond acceptors (Lipinski definition) is 3. The van der Waals surface area contributed by atoms with Crippen LogP contribution in [0, 0.1) is 0 Å². The van der Waals surface area contributed by atoms with Crippen molar-refractivity contribution < 1.29 is 27.4 Å². The molecule has 2 aromatic rings. The molecule has 0 radical (unpaired) electrons. The van der Waals surface area contributed by atoms with Crippen molar-refractivity contribution in [2.45, 2.75) is 19.1 Å². The third kappa shape index (κ3) is 4.43. The van der Waals surface area contributed by atoms with Gasteiger partial charge in [0.2, 0.25) is 0 Å². The molecule has 2 aromatic carbocycles. The van der Waals surface area contributed by atoms with Crippen molar-refractivity contribution >= 4 is 5.91 Å². The van der Waals surface area contributed by atoms with Gasteiger partial charge in [0.15, 0.2) is 11.5 Å². The smallest absolute Gasteiger partial charge is 0.416 e. The number of carbonyl (C=O) groups excluding carboxylic acids is 1.